The molecule has 0 radical (unpaired) electrons. The number of hydrogen-bond donors (Lipinski definition) is 1. The Hall–Kier alpha value is -0.650. The average molecular weight is 244 g/mol. The Bertz CT molecular complexity index is 236. The van der Waals surface area contributed by atoms with Gasteiger partial charge in [0.2, 0.25) is 5.91 Å². The van der Waals surface area contributed by atoms with Crippen LogP contribution in [0.2, 0.25) is 0 Å². The fourth-order valence-corrected chi connectivity index (χ4v) is 1.89. The molecule has 5 heteroatoms. The Labute approximate surface area is 103 Å². The summed E-state index contributed by atoms with van der Waals surface area (Å²) >= 11 is 0. The lowest BCUT2D eigenvalue weighted by Crippen LogP contribution is -2.51. The van der Waals surface area contributed by atoms with Crippen molar-refractivity contribution in [3.8, 4) is 0 Å². The number of piperidine rings is 1. The van der Waals surface area contributed by atoms with E-state index in [4.69, 9.17) is 15.2 Å². The molecule has 17 heavy (non-hydrogen) atoms. The summed E-state index contributed by atoms with van der Waals surface area (Å²) in [6, 6.07) is 0.0983. The molecule has 2 N–H and O–H groups in total. The zero-order chi connectivity index (χ0) is 12.7. The number of nitrogens with two attached hydrogens (primary N) is 1. The van der Waals surface area contributed by atoms with Crippen molar-refractivity contribution in [1.29, 1.82) is 0 Å². The van der Waals surface area contributed by atoms with Crippen molar-refractivity contribution in [2.24, 2.45) is 11.7 Å². The summed E-state index contributed by atoms with van der Waals surface area (Å²) in [5, 5.41) is 0. The van der Waals surface area contributed by atoms with Crippen LogP contribution in [0.3, 0.4) is 0 Å². The van der Waals surface area contributed by atoms with Crippen molar-refractivity contribution in [2.75, 3.05) is 40.0 Å². The van der Waals surface area contributed by atoms with Crippen LogP contribution in [0.5, 0.6) is 0 Å². The SMILES string of the molecule is COCCCOCCN1CC(N)C(C)CC1=O. The minimum atomic E-state index is 0.0983. The van der Waals surface area contributed by atoms with Crippen molar-refractivity contribution in [1.82, 2.24) is 4.90 Å². The van der Waals surface area contributed by atoms with Gasteiger partial charge in [-0.25, -0.2) is 0 Å². The zero-order valence-electron chi connectivity index (χ0n) is 10.9. The van der Waals surface area contributed by atoms with Gasteiger partial charge in [0.05, 0.1) is 6.61 Å². The van der Waals surface area contributed by atoms with E-state index in [2.05, 4.69) is 0 Å². The number of carbonyl (C=O) groups excluding carboxylic acids is 1. The number of rotatable bonds is 7. The molecule has 100 valence electrons. The molecule has 5 nitrogen and oxygen atoms in total. The number of hydrogen-bond acceptors (Lipinski definition) is 4. The number of amides is 1. The molecule has 0 aromatic carbocycles. The van der Waals surface area contributed by atoms with Crippen LogP contribution >= 0.6 is 0 Å². The number of ether oxygens (including phenoxy) is 2. The van der Waals surface area contributed by atoms with E-state index in [0.717, 1.165) is 6.42 Å². The van der Waals surface area contributed by atoms with E-state index in [1.807, 2.05) is 6.92 Å². The quantitative estimate of drug-likeness (QED) is 0.651. The lowest BCUT2D eigenvalue weighted by molar-refractivity contribution is -0.136. The predicted octanol–water partition coefficient (Wildman–Crippen LogP) is 0.235. The number of carbonyl (C=O) groups is 1. The first-order chi connectivity index (χ1) is 8.15. The van der Waals surface area contributed by atoms with Crippen molar-refractivity contribution in [2.45, 2.75) is 25.8 Å². The van der Waals surface area contributed by atoms with Crippen LogP contribution in [0.25, 0.3) is 0 Å². The van der Waals surface area contributed by atoms with E-state index < -0.39 is 0 Å². The molecule has 1 aliphatic heterocycles. The molecule has 1 heterocycles. The van der Waals surface area contributed by atoms with E-state index in [-0.39, 0.29) is 11.9 Å². The highest BCUT2D eigenvalue weighted by molar-refractivity contribution is 5.77. The summed E-state index contributed by atoms with van der Waals surface area (Å²) in [7, 11) is 1.68. The van der Waals surface area contributed by atoms with Gasteiger partial charge in [-0.2, -0.15) is 0 Å². The van der Waals surface area contributed by atoms with Crippen molar-refractivity contribution in [3.05, 3.63) is 0 Å². The summed E-state index contributed by atoms with van der Waals surface area (Å²) in [6.07, 6.45) is 1.45. The molecule has 1 rings (SSSR count). The van der Waals surface area contributed by atoms with Crippen LogP contribution < -0.4 is 5.73 Å². The fourth-order valence-electron chi connectivity index (χ4n) is 1.89. The summed E-state index contributed by atoms with van der Waals surface area (Å²) < 4.78 is 10.4. The Balaban J connectivity index is 2.12. The van der Waals surface area contributed by atoms with Gasteiger partial charge in [-0.05, 0) is 12.3 Å². The van der Waals surface area contributed by atoms with Gasteiger partial charge >= 0.3 is 0 Å². The smallest absolute Gasteiger partial charge is 0.223 e. The highest BCUT2D eigenvalue weighted by atomic mass is 16.5. The van der Waals surface area contributed by atoms with E-state index in [1.165, 1.54) is 0 Å². The molecule has 1 amide bonds. The van der Waals surface area contributed by atoms with Crippen LogP contribution in [0.15, 0.2) is 0 Å². The van der Waals surface area contributed by atoms with Gasteiger partial charge in [0.1, 0.15) is 0 Å². The van der Waals surface area contributed by atoms with Crippen LogP contribution in [0.4, 0.5) is 0 Å². The van der Waals surface area contributed by atoms with Gasteiger partial charge in [0.15, 0.2) is 0 Å². The molecular weight excluding hydrogens is 220 g/mol. The predicted molar refractivity (Wildman–Crippen MR) is 65.6 cm³/mol. The second-order valence-electron chi connectivity index (χ2n) is 4.64. The summed E-state index contributed by atoms with van der Waals surface area (Å²) in [5.41, 5.74) is 5.95. The molecule has 1 fully saturated rings. The molecule has 2 atom stereocenters. The minimum absolute atomic E-state index is 0.0983. The normalized spacial score (nSPS) is 25.4. The van der Waals surface area contributed by atoms with Crippen LogP contribution in [0, 0.1) is 5.92 Å². The minimum Gasteiger partial charge on any atom is -0.385 e. The largest absolute Gasteiger partial charge is 0.385 e. The van der Waals surface area contributed by atoms with Crippen molar-refractivity contribution in [3.63, 3.8) is 0 Å². The highest BCUT2D eigenvalue weighted by Gasteiger charge is 2.28. The van der Waals surface area contributed by atoms with Crippen molar-refractivity contribution >= 4 is 5.91 Å². The van der Waals surface area contributed by atoms with Gasteiger partial charge in [-0.3, -0.25) is 4.79 Å². The Kier molecular flexibility index (Phi) is 6.47. The third-order valence-electron chi connectivity index (χ3n) is 3.15. The molecule has 2 unspecified atom stereocenters. The van der Waals surface area contributed by atoms with Gasteiger partial charge in [-0.15, -0.1) is 0 Å². The number of likely N-dealkylation sites (tertiary alicyclic amines) is 1. The molecule has 1 saturated heterocycles. The maximum Gasteiger partial charge on any atom is 0.223 e. The Morgan fingerprint density at radius 2 is 2.18 bits per heavy atom. The van der Waals surface area contributed by atoms with E-state index in [1.54, 1.807) is 12.0 Å². The molecule has 0 spiro atoms. The first-order valence-electron chi connectivity index (χ1n) is 6.25. The van der Waals surface area contributed by atoms with Gasteiger partial charge < -0.3 is 20.1 Å². The summed E-state index contributed by atoms with van der Waals surface area (Å²) in [5.74, 6) is 0.487. The monoisotopic (exact) mass is 244 g/mol. The lowest BCUT2D eigenvalue weighted by Gasteiger charge is -2.34. The van der Waals surface area contributed by atoms with Gasteiger partial charge in [0.25, 0.3) is 0 Å². The number of methoxy groups -OCH3 is 1. The highest BCUT2D eigenvalue weighted by Crippen LogP contribution is 2.16. The third kappa shape index (κ3) is 5.02. The maximum absolute atomic E-state index is 11.7. The number of nitrogens with zero attached hydrogens (tertiary/aromatic N) is 1. The molecule has 1 aliphatic rings. The fraction of sp³-hybridized carbons (Fsp3) is 0.917. The first-order valence-corrected chi connectivity index (χ1v) is 6.25. The van der Waals surface area contributed by atoms with E-state index in [9.17, 15) is 4.79 Å². The Morgan fingerprint density at radius 3 is 2.88 bits per heavy atom. The first kappa shape index (κ1) is 14.4. The van der Waals surface area contributed by atoms with Crippen LogP contribution in [-0.2, 0) is 14.3 Å². The second kappa shape index (κ2) is 7.63. The van der Waals surface area contributed by atoms with Gasteiger partial charge in [-0.1, -0.05) is 6.92 Å². The van der Waals surface area contributed by atoms with Crippen LogP contribution in [0.1, 0.15) is 19.8 Å². The standard InChI is InChI=1S/C12H24N2O3/c1-10-8-12(15)14(9-11(10)13)4-7-17-6-3-5-16-2/h10-11H,3-9,13H2,1-2H3. The van der Waals surface area contributed by atoms with E-state index >= 15 is 0 Å². The Morgan fingerprint density at radius 1 is 1.41 bits per heavy atom. The lowest BCUT2D eigenvalue weighted by atomic mass is 9.94. The van der Waals surface area contributed by atoms with E-state index in [0.29, 0.717) is 45.2 Å². The molecule has 0 aromatic rings. The zero-order valence-corrected chi connectivity index (χ0v) is 10.9. The average Bonchev–Trinajstić information content (AvgIpc) is 2.30. The second-order valence-corrected chi connectivity index (χ2v) is 4.64. The summed E-state index contributed by atoms with van der Waals surface area (Å²) in [4.78, 5) is 13.5. The third-order valence-corrected chi connectivity index (χ3v) is 3.15. The van der Waals surface area contributed by atoms with Crippen LogP contribution in [-0.4, -0.2) is 56.9 Å². The summed E-state index contributed by atoms with van der Waals surface area (Å²) in [6.45, 7) is 5.30. The molecule has 0 bridgehead atoms. The molecular formula is C12H24N2O3. The van der Waals surface area contributed by atoms with Crippen molar-refractivity contribution < 1.29 is 14.3 Å². The molecule has 0 aliphatic carbocycles. The maximum atomic E-state index is 11.7. The topological polar surface area (TPSA) is 64.8 Å². The van der Waals surface area contributed by atoms with Gasteiger partial charge in [0, 0.05) is 45.9 Å². The molecule has 0 aromatic heterocycles. The molecule has 0 saturated carbocycles.